The first kappa shape index (κ1) is 16.4. The molecule has 2 amide bonds. The molecule has 2 heterocycles. The van der Waals surface area contributed by atoms with Crippen LogP contribution in [0.25, 0.3) is 11.0 Å². The number of rotatable bonds is 3. The number of hydrogen-bond donors (Lipinski definition) is 1. The van der Waals surface area contributed by atoms with Crippen LogP contribution >= 0.6 is 0 Å². The third-order valence-corrected chi connectivity index (χ3v) is 4.48. The summed E-state index contributed by atoms with van der Waals surface area (Å²) in [7, 11) is 2.01. The Morgan fingerprint density at radius 2 is 1.88 bits per heavy atom. The van der Waals surface area contributed by atoms with E-state index in [1.807, 2.05) is 30.1 Å². The van der Waals surface area contributed by atoms with E-state index >= 15 is 0 Å². The maximum atomic E-state index is 11.4. The lowest BCUT2D eigenvalue weighted by atomic mass is 10.2. The van der Waals surface area contributed by atoms with E-state index in [0.717, 1.165) is 55.3 Å². The van der Waals surface area contributed by atoms with Crippen LogP contribution in [0.2, 0.25) is 0 Å². The normalized spacial score (nSPS) is 15.7. The zero-order valence-corrected chi connectivity index (χ0v) is 14.4. The summed E-state index contributed by atoms with van der Waals surface area (Å²) in [6.07, 6.45) is 0. The molecule has 7 heteroatoms. The quantitative estimate of drug-likeness (QED) is 0.918. The molecule has 2 aromatic rings. The first-order chi connectivity index (χ1) is 11.4. The summed E-state index contributed by atoms with van der Waals surface area (Å²) in [5.41, 5.74) is 2.68. The molecule has 0 aliphatic carbocycles. The molecule has 1 aliphatic heterocycles. The zero-order chi connectivity index (χ0) is 17.3. The van der Waals surface area contributed by atoms with Crippen molar-refractivity contribution in [2.75, 3.05) is 31.5 Å². The van der Waals surface area contributed by atoms with Gasteiger partial charge in [0, 0.05) is 52.8 Å². The molecule has 1 N–H and O–H groups in total. The highest BCUT2D eigenvalue weighted by atomic mass is 16.2. The van der Waals surface area contributed by atoms with E-state index in [2.05, 4.69) is 14.8 Å². The maximum Gasteiger partial charge on any atom is 0.221 e. The van der Waals surface area contributed by atoms with Crippen LogP contribution in [-0.4, -0.2) is 57.3 Å². The predicted octanol–water partition coefficient (Wildman–Crippen LogP) is 1.20. The second-order valence-electron chi connectivity index (χ2n) is 6.25. The molecule has 1 saturated heterocycles. The molecule has 7 nitrogen and oxygen atoms in total. The molecule has 0 unspecified atom stereocenters. The smallest absolute Gasteiger partial charge is 0.221 e. The first-order valence-electron chi connectivity index (χ1n) is 8.15. The van der Waals surface area contributed by atoms with Crippen LogP contribution in [0.15, 0.2) is 18.2 Å². The van der Waals surface area contributed by atoms with Gasteiger partial charge in [-0.05, 0) is 18.2 Å². The van der Waals surface area contributed by atoms with Gasteiger partial charge in [-0.25, -0.2) is 4.98 Å². The van der Waals surface area contributed by atoms with E-state index < -0.39 is 0 Å². The lowest BCUT2D eigenvalue weighted by Gasteiger charge is -2.33. The van der Waals surface area contributed by atoms with Gasteiger partial charge in [-0.1, -0.05) is 0 Å². The number of nitrogens with zero attached hydrogens (tertiary/aromatic N) is 4. The number of piperazine rings is 1. The molecule has 128 valence electrons. The summed E-state index contributed by atoms with van der Waals surface area (Å²) < 4.78 is 2.09. The number of carbonyl (C=O) groups excluding carboxylic acids is 2. The molecular weight excluding hydrogens is 306 g/mol. The molecule has 0 bridgehead atoms. The largest absolute Gasteiger partial charge is 0.340 e. The van der Waals surface area contributed by atoms with Crippen molar-refractivity contribution >= 4 is 28.5 Å². The Bertz CT molecular complexity index is 775. The summed E-state index contributed by atoms with van der Waals surface area (Å²) in [6.45, 7) is 7.13. The Hall–Kier alpha value is -2.41. The Balaban J connectivity index is 1.74. The van der Waals surface area contributed by atoms with Gasteiger partial charge in [0.15, 0.2) is 0 Å². The van der Waals surface area contributed by atoms with Crippen molar-refractivity contribution in [1.82, 2.24) is 19.4 Å². The van der Waals surface area contributed by atoms with Gasteiger partial charge < -0.3 is 14.8 Å². The van der Waals surface area contributed by atoms with Gasteiger partial charge in [0.25, 0.3) is 0 Å². The number of aromatic nitrogens is 2. The van der Waals surface area contributed by atoms with Crippen molar-refractivity contribution in [3.05, 3.63) is 24.0 Å². The van der Waals surface area contributed by atoms with Gasteiger partial charge >= 0.3 is 0 Å². The highest BCUT2D eigenvalue weighted by molar-refractivity contribution is 5.91. The summed E-state index contributed by atoms with van der Waals surface area (Å²) in [4.78, 5) is 31.5. The maximum absolute atomic E-state index is 11.4. The van der Waals surface area contributed by atoms with Gasteiger partial charge in [-0.15, -0.1) is 0 Å². The van der Waals surface area contributed by atoms with E-state index in [-0.39, 0.29) is 11.8 Å². The summed E-state index contributed by atoms with van der Waals surface area (Å²) in [5, 5.41) is 2.79. The van der Waals surface area contributed by atoms with E-state index in [1.165, 1.54) is 6.92 Å². The first-order valence-corrected chi connectivity index (χ1v) is 8.15. The van der Waals surface area contributed by atoms with Gasteiger partial charge in [0.1, 0.15) is 5.82 Å². The number of imidazole rings is 1. The minimum absolute atomic E-state index is 0.0890. The number of amides is 2. The third kappa shape index (κ3) is 3.41. The van der Waals surface area contributed by atoms with E-state index in [0.29, 0.717) is 0 Å². The number of hydrogen-bond acceptors (Lipinski definition) is 4. The molecule has 0 radical (unpaired) electrons. The van der Waals surface area contributed by atoms with Crippen LogP contribution in [0, 0.1) is 0 Å². The van der Waals surface area contributed by atoms with Crippen molar-refractivity contribution < 1.29 is 9.59 Å². The molecule has 0 atom stereocenters. The summed E-state index contributed by atoms with van der Waals surface area (Å²) in [6, 6.07) is 5.76. The van der Waals surface area contributed by atoms with Crippen molar-refractivity contribution in [2.24, 2.45) is 7.05 Å². The second kappa shape index (κ2) is 6.60. The Labute approximate surface area is 141 Å². The average molecular weight is 329 g/mol. The molecule has 24 heavy (non-hydrogen) atoms. The highest BCUT2D eigenvalue weighted by Gasteiger charge is 2.20. The van der Waals surface area contributed by atoms with Crippen LogP contribution in [0.4, 0.5) is 5.69 Å². The Morgan fingerprint density at radius 3 is 2.50 bits per heavy atom. The summed E-state index contributed by atoms with van der Waals surface area (Å²) in [5.74, 6) is 1.04. The molecular formula is C17H23N5O2. The number of nitrogens with one attached hydrogen (secondary N) is 1. The van der Waals surface area contributed by atoms with Crippen LogP contribution in [0.5, 0.6) is 0 Å². The molecule has 1 aliphatic rings. The van der Waals surface area contributed by atoms with Gasteiger partial charge in [0.05, 0.1) is 17.6 Å². The Morgan fingerprint density at radius 1 is 1.17 bits per heavy atom. The lowest BCUT2D eigenvalue weighted by Crippen LogP contribution is -2.47. The molecule has 3 rings (SSSR count). The highest BCUT2D eigenvalue weighted by Crippen LogP contribution is 2.20. The number of aryl methyl sites for hydroxylation is 1. The van der Waals surface area contributed by atoms with Crippen LogP contribution < -0.4 is 5.32 Å². The van der Waals surface area contributed by atoms with Gasteiger partial charge in [-0.3, -0.25) is 14.5 Å². The van der Waals surface area contributed by atoms with E-state index in [4.69, 9.17) is 4.98 Å². The number of anilines is 1. The van der Waals surface area contributed by atoms with Crippen molar-refractivity contribution in [1.29, 1.82) is 0 Å². The number of fused-ring (bicyclic) bond motifs is 1. The molecule has 0 spiro atoms. The topological polar surface area (TPSA) is 70.5 Å². The number of carbonyl (C=O) groups is 2. The Kier molecular flexibility index (Phi) is 4.53. The molecule has 1 fully saturated rings. The van der Waals surface area contributed by atoms with E-state index in [1.54, 1.807) is 6.92 Å². The van der Waals surface area contributed by atoms with Gasteiger partial charge in [0.2, 0.25) is 11.8 Å². The average Bonchev–Trinajstić information content (AvgIpc) is 2.83. The monoisotopic (exact) mass is 329 g/mol. The molecule has 1 aromatic heterocycles. The second-order valence-corrected chi connectivity index (χ2v) is 6.25. The van der Waals surface area contributed by atoms with Crippen molar-refractivity contribution in [3.63, 3.8) is 0 Å². The van der Waals surface area contributed by atoms with Crippen LogP contribution in [0.1, 0.15) is 19.7 Å². The minimum Gasteiger partial charge on any atom is -0.340 e. The minimum atomic E-state index is -0.0890. The van der Waals surface area contributed by atoms with Crippen LogP contribution in [0.3, 0.4) is 0 Å². The van der Waals surface area contributed by atoms with Crippen molar-refractivity contribution in [3.8, 4) is 0 Å². The van der Waals surface area contributed by atoms with Gasteiger partial charge in [-0.2, -0.15) is 0 Å². The standard InChI is InChI=1S/C17H23N5O2/c1-12(23)18-14-4-5-16-15(10-14)19-17(20(16)3)11-21-6-8-22(9-7-21)13(2)24/h4-5,10H,6-9,11H2,1-3H3,(H,18,23). The fraction of sp³-hybridized carbons (Fsp3) is 0.471. The van der Waals surface area contributed by atoms with E-state index in [9.17, 15) is 9.59 Å². The SMILES string of the molecule is CC(=O)Nc1ccc2c(c1)nc(CN1CCN(C(C)=O)CC1)n2C. The fourth-order valence-electron chi connectivity index (χ4n) is 3.09. The fourth-order valence-corrected chi connectivity index (χ4v) is 3.09. The van der Waals surface area contributed by atoms with Crippen molar-refractivity contribution in [2.45, 2.75) is 20.4 Å². The number of benzene rings is 1. The predicted molar refractivity (Wildman–Crippen MR) is 92.5 cm³/mol. The summed E-state index contributed by atoms with van der Waals surface area (Å²) >= 11 is 0. The third-order valence-electron chi connectivity index (χ3n) is 4.48. The molecule has 0 saturated carbocycles. The van der Waals surface area contributed by atoms with Crippen LogP contribution in [-0.2, 0) is 23.2 Å². The lowest BCUT2D eigenvalue weighted by molar-refractivity contribution is -0.130. The zero-order valence-electron chi connectivity index (χ0n) is 14.4. The molecule has 1 aromatic carbocycles.